The van der Waals surface area contributed by atoms with E-state index in [0.29, 0.717) is 24.1 Å². The minimum absolute atomic E-state index is 0.401. The van der Waals surface area contributed by atoms with Crippen molar-refractivity contribution < 1.29 is 9.90 Å². The quantitative estimate of drug-likeness (QED) is 0.853. The first-order valence-corrected chi connectivity index (χ1v) is 6.07. The third-order valence-electron chi connectivity index (χ3n) is 3.09. The molecule has 0 saturated heterocycles. The van der Waals surface area contributed by atoms with Crippen LogP contribution in [0.15, 0.2) is 42.1 Å². The summed E-state index contributed by atoms with van der Waals surface area (Å²) in [6.07, 6.45) is 4.11. The predicted molar refractivity (Wildman–Crippen MR) is 72.7 cm³/mol. The van der Waals surface area contributed by atoms with Crippen LogP contribution < -0.4 is 0 Å². The van der Waals surface area contributed by atoms with Crippen molar-refractivity contribution in [3.63, 3.8) is 0 Å². The number of rotatable bonds is 4. The molecule has 4 nitrogen and oxygen atoms in total. The summed E-state index contributed by atoms with van der Waals surface area (Å²) in [5, 5.41) is 18.9. The Morgan fingerprint density at radius 3 is 2.89 bits per heavy atom. The zero-order valence-corrected chi connectivity index (χ0v) is 10.6. The van der Waals surface area contributed by atoms with Crippen molar-refractivity contribution in [1.29, 1.82) is 5.26 Å². The van der Waals surface area contributed by atoms with Crippen LogP contribution in [0.5, 0.6) is 0 Å². The van der Waals surface area contributed by atoms with Gasteiger partial charge < -0.3 is 9.67 Å². The minimum Gasteiger partial charge on any atom is -0.478 e. The largest absolute Gasteiger partial charge is 0.478 e. The van der Waals surface area contributed by atoms with Gasteiger partial charge in [0.25, 0.3) is 0 Å². The number of fused-ring (bicyclic) bond motifs is 1. The molecule has 0 radical (unpaired) electrons. The fourth-order valence-corrected chi connectivity index (χ4v) is 2.00. The van der Waals surface area contributed by atoms with E-state index in [0.717, 1.165) is 10.9 Å². The number of benzene rings is 1. The Bertz CT molecular complexity index is 690. The highest BCUT2D eigenvalue weighted by atomic mass is 16.4. The molecule has 1 aromatic carbocycles. The maximum atomic E-state index is 10.9. The summed E-state index contributed by atoms with van der Waals surface area (Å²) in [5.74, 6) is -0.878. The van der Waals surface area contributed by atoms with Crippen LogP contribution >= 0.6 is 0 Å². The van der Waals surface area contributed by atoms with Crippen LogP contribution in [0.4, 0.5) is 0 Å². The minimum atomic E-state index is -0.878. The topological polar surface area (TPSA) is 66.0 Å². The lowest BCUT2D eigenvalue weighted by Crippen LogP contribution is -2.02. The van der Waals surface area contributed by atoms with E-state index < -0.39 is 5.97 Å². The molecule has 0 aliphatic carbocycles. The van der Waals surface area contributed by atoms with Crippen molar-refractivity contribution in [1.82, 2.24) is 4.57 Å². The number of hydrogen-bond acceptors (Lipinski definition) is 2. The third kappa shape index (κ3) is 2.66. The molecule has 0 amide bonds. The molecule has 2 rings (SSSR count). The summed E-state index contributed by atoms with van der Waals surface area (Å²) in [6, 6.07) is 9.55. The van der Waals surface area contributed by atoms with E-state index in [2.05, 4.69) is 6.07 Å². The molecule has 1 N–H and O–H groups in total. The predicted octanol–water partition coefficient (Wildman–Crippen LogP) is 2.93. The zero-order valence-electron chi connectivity index (χ0n) is 10.6. The summed E-state index contributed by atoms with van der Waals surface area (Å²) in [5.41, 5.74) is 1.94. The second-order valence-electron chi connectivity index (χ2n) is 4.24. The number of allylic oxidation sites excluding steroid dienone is 1. The first kappa shape index (κ1) is 12.9. The lowest BCUT2D eigenvalue weighted by atomic mass is 10.2. The second kappa shape index (κ2) is 5.40. The Labute approximate surface area is 111 Å². The van der Waals surface area contributed by atoms with E-state index in [1.54, 1.807) is 12.1 Å². The van der Waals surface area contributed by atoms with Crippen molar-refractivity contribution in [2.45, 2.75) is 19.9 Å². The van der Waals surface area contributed by atoms with Gasteiger partial charge in [0.15, 0.2) is 0 Å². The van der Waals surface area contributed by atoms with Gasteiger partial charge in [-0.1, -0.05) is 19.1 Å². The number of carboxylic acids is 1. The van der Waals surface area contributed by atoms with Gasteiger partial charge in [0, 0.05) is 23.8 Å². The first-order valence-electron chi connectivity index (χ1n) is 6.07. The summed E-state index contributed by atoms with van der Waals surface area (Å²) in [4.78, 5) is 10.9. The Balaban J connectivity index is 2.36. The molecule has 19 heavy (non-hydrogen) atoms. The van der Waals surface area contributed by atoms with Gasteiger partial charge >= 0.3 is 5.97 Å². The number of nitriles is 1. The molecule has 96 valence electrons. The van der Waals surface area contributed by atoms with Gasteiger partial charge in [0.05, 0.1) is 11.6 Å². The Kier molecular flexibility index (Phi) is 3.67. The molecule has 0 aliphatic heterocycles. The van der Waals surface area contributed by atoms with Crippen molar-refractivity contribution in [3.05, 3.63) is 47.7 Å². The van der Waals surface area contributed by atoms with E-state index in [1.807, 2.05) is 35.9 Å². The van der Waals surface area contributed by atoms with Gasteiger partial charge in [-0.2, -0.15) is 5.26 Å². The van der Waals surface area contributed by atoms with Gasteiger partial charge in [-0.3, -0.25) is 0 Å². The van der Waals surface area contributed by atoms with E-state index >= 15 is 0 Å². The van der Waals surface area contributed by atoms with Crippen LogP contribution in [-0.2, 0) is 11.3 Å². The standard InChI is InChI=1S/C15H14N2O2/c1-2-12(15(18)19)5-7-17-8-6-13-4-3-11(10-16)9-14(13)17/h3-6,8-9H,2,7H2,1H3,(H,18,19)/b12-5-. The number of nitrogens with zero attached hydrogens (tertiary/aromatic N) is 2. The average molecular weight is 254 g/mol. The van der Waals surface area contributed by atoms with Crippen molar-refractivity contribution >= 4 is 16.9 Å². The average Bonchev–Trinajstić information content (AvgIpc) is 2.81. The highest BCUT2D eigenvalue weighted by Gasteiger charge is 2.05. The highest BCUT2D eigenvalue weighted by molar-refractivity contribution is 5.86. The van der Waals surface area contributed by atoms with Crippen LogP contribution in [0.1, 0.15) is 18.9 Å². The fraction of sp³-hybridized carbons (Fsp3) is 0.200. The Morgan fingerprint density at radius 2 is 2.26 bits per heavy atom. The molecule has 2 aromatic rings. The van der Waals surface area contributed by atoms with Crippen LogP contribution in [0, 0.1) is 11.3 Å². The zero-order chi connectivity index (χ0) is 13.8. The van der Waals surface area contributed by atoms with Crippen LogP contribution in [0.3, 0.4) is 0 Å². The van der Waals surface area contributed by atoms with Crippen LogP contribution in [0.25, 0.3) is 10.9 Å². The van der Waals surface area contributed by atoms with Gasteiger partial charge in [0.1, 0.15) is 0 Å². The number of hydrogen-bond donors (Lipinski definition) is 1. The SMILES string of the molecule is CC/C(=C/Cn1ccc2ccc(C#N)cc21)C(=O)O. The summed E-state index contributed by atoms with van der Waals surface area (Å²) < 4.78 is 1.94. The molecule has 0 atom stereocenters. The van der Waals surface area contributed by atoms with E-state index in [9.17, 15) is 4.79 Å². The monoisotopic (exact) mass is 254 g/mol. The number of aliphatic carboxylic acids is 1. The van der Waals surface area contributed by atoms with Crippen LogP contribution in [0.2, 0.25) is 0 Å². The maximum absolute atomic E-state index is 10.9. The van der Waals surface area contributed by atoms with Crippen molar-refractivity contribution in [2.75, 3.05) is 0 Å². The molecule has 0 unspecified atom stereocenters. The highest BCUT2D eigenvalue weighted by Crippen LogP contribution is 2.18. The van der Waals surface area contributed by atoms with Gasteiger partial charge in [-0.15, -0.1) is 0 Å². The second-order valence-corrected chi connectivity index (χ2v) is 4.24. The Morgan fingerprint density at radius 1 is 1.47 bits per heavy atom. The molecular weight excluding hydrogens is 240 g/mol. The molecule has 0 spiro atoms. The molecule has 1 heterocycles. The third-order valence-corrected chi connectivity index (χ3v) is 3.09. The van der Waals surface area contributed by atoms with E-state index in [1.165, 1.54) is 0 Å². The van der Waals surface area contributed by atoms with Crippen LogP contribution in [-0.4, -0.2) is 15.6 Å². The maximum Gasteiger partial charge on any atom is 0.331 e. The molecule has 0 bridgehead atoms. The van der Waals surface area contributed by atoms with Gasteiger partial charge in [-0.25, -0.2) is 4.79 Å². The molecule has 1 aromatic heterocycles. The lowest BCUT2D eigenvalue weighted by Gasteiger charge is -2.03. The van der Waals surface area contributed by atoms with E-state index in [4.69, 9.17) is 10.4 Å². The smallest absolute Gasteiger partial charge is 0.331 e. The number of carboxylic acid groups (broad SMARTS) is 1. The first-order chi connectivity index (χ1) is 9.15. The molecular formula is C15H14N2O2. The lowest BCUT2D eigenvalue weighted by molar-refractivity contribution is -0.132. The summed E-state index contributed by atoms with van der Waals surface area (Å²) in [6.45, 7) is 2.31. The molecule has 0 fully saturated rings. The summed E-state index contributed by atoms with van der Waals surface area (Å²) in [7, 11) is 0. The van der Waals surface area contributed by atoms with Crippen molar-refractivity contribution in [3.8, 4) is 6.07 Å². The number of carbonyl (C=O) groups is 1. The van der Waals surface area contributed by atoms with E-state index in [-0.39, 0.29) is 0 Å². The van der Waals surface area contributed by atoms with Crippen molar-refractivity contribution in [2.24, 2.45) is 0 Å². The summed E-state index contributed by atoms with van der Waals surface area (Å²) >= 11 is 0. The molecule has 0 saturated carbocycles. The molecule has 0 aliphatic rings. The number of aromatic nitrogens is 1. The van der Waals surface area contributed by atoms with Gasteiger partial charge in [0.2, 0.25) is 0 Å². The van der Waals surface area contributed by atoms with Gasteiger partial charge in [-0.05, 0) is 30.0 Å². The molecule has 4 heteroatoms. The fourth-order valence-electron chi connectivity index (χ4n) is 2.00. The Hall–Kier alpha value is -2.54. The normalized spacial score (nSPS) is 11.5.